The number of nitrogens with zero attached hydrogens (tertiary/aromatic N) is 2. The number of carboxylic acid groups (broad SMARTS) is 1. The first-order valence-electron chi connectivity index (χ1n) is 5.54. The first kappa shape index (κ1) is 14.2. The van der Waals surface area contributed by atoms with Gasteiger partial charge in [0.25, 0.3) is 0 Å². The van der Waals surface area contributed by atoms with E-state index in [0.29, 0.717) is 0 Å². The maximum absolute atomic E-state index is 13.6. The first-order valence-corrected chi connectivity index (χ1v) is 7.19. The van der Waals surface area contributed by atoms with Crippen molar-refractivity contribution in [3.05, 3.63) is 47.5 Å². The molecule has 1 N–H and O–H groups in total. The average molecular weight is 298 g/mol. The highest BCUT2D eigenvalue weighted by molar-refractivity contribution is 7.90. The topological polar surface area (TPSA) is 89.3 Å². The van der Waals surface area contributed by atoms with E-state index in [1.54, 1.807) is 13.2 Å². The van der Waals surface area contributed by atoms with Crippen LogP contribution in [0.2, 0.25) is 0 Å². The number of aromatic carboxylic acids is 1. The molecule has 0 amide bonds. The smallest absolute Gasteiger partial charge is 0.335 e. The van der Waals surface area contributed by atoms with E-state index < -0.39 is 32.3 Å². The number of carbonyl (C=O) groups is 1. The molecule has 0 radical (unpaired) electrons. The van der Waals surface area contributed by atoms with Crippen LogP contribution in [0, 0.1) is 5.82 Å². The van der Waals surface area contributed by atoms with Crippen molar-refractivity contribution >= 4 is 15.8 Å². The second-order valence-electron chi connectivity index (χ2n) is 4.19. The number of hydrogen-bond donors (Lipinski definition) is 1. The second-order valence-corrected chi connectivity index (χ2v) is 6.15. The first-order chi connectivity index (χ1) is 9.29. The molecule has 0 aliphatic carbocycles. The Balaban J connectivity index is 2.43. The van der Waals surface area contributed by atoms with Gasteiger partial charge in [-0.25, -0.2) is 17.6 Å². The van der Waals surface area contributed by atoms with Crippen molar-refractivity contribution in [1.29, 1.82) is 0 Å². The maximum Gasteiger partial charge on any atom is 0.335 e. The van der Waals surface area contributed by atoms with Gasteiger partial charge in [0.1, 0.15) is 10.7 Å². The monoisotopic (exact) mass is 298 g/mol. The van der Waals surface area contributed by atoms with Gasteiger partial charge in [-0.05, 0) is 24.3 Å². The van der Waals surface area contributed by atoms with Crippen LogP contribution >= 0.6 is 0 Å². The lowest BCUT2D eigenvalue weighted by atomic mass is 10.2. The number of aromatic nitrogens is 2. The van der Waals surface area contributed by atoms with E-state index in [4.69, 9.17) is 5.11 Å². The molecule has 20 heavy (non-hydrogen) atoms. The Labute approximate surface area is 114 Å². The molecule has 1 heterocycles. The Morgan fingerprint density at radius 1 is 1.40 bits per heavy atom. The summed E-state index contributed by atoms with van der Waals surface area (Å²) >= 11 is 0. The molecule has 2 aromatic rings. The van der Waals surface area contributed by atoms with Crippen LogP contribution in [0.1, 0.15) is 16.1 Å². The van der Waals surface area contributed by atoms with Gasteiger partial charge in [0.2, 0.25) is 0 Å². The lowest BCUT2D eigenvalue weighted by Crippen LogP contribution is -2.10. The zero-order valence-corrected chi connectivity index (χ0v) is 11.3. The number of halogens is 1. The highest BCUT2D eigenvalue weighted by Gasteiger charge is 2.22. The summed E-state index contributed by atoms with van der Waals surface area (Å²) in [5.41, 5.74) is -0.0291. The zero-order valence-electron chi connectivity index (χ0n) is 10.4. The van der Waals surface area contributed by atoms with Gasteiger partial charge in [0.05, 0.1) is 17.0 Å². The summed E-state index contributed by atoms with van der Waals surface area (Å²) in [7, 11) is -2.37. The maximum atomic E-state index is 13.6. The summed E-state index contributed by atoms with van der Waals surface area (Å²) in [6.45, 7) is 0. The van der Waals surface area contributed by atoms with Gasteiger partial charge in [-0.15, -0.1) is 0 Å². The Morgan fingerprint density at radius 3 is 2.65 bits per heavy atom. The number of aryl methyl sites for hydroxylation is 1. The van der Waals surface area contributed by atoms with E-state index >= 15 is 0 Å². The van der Waals surface area contributed by atoms with Crippen molar-refractivity contribution in [3.63, 3.8) is 0 Å². The molecule has 0 bridgehead atoms. The van der Waals surface area contributed by atoms with Gasteiger partial charge in [-0.1, -0.05) is 0 Å². The Bertz CT molecular complexity index is 768. The summed E-state index contributed by atoms with van der Waals surface area (Å²) in [6, 6.07) is 4.15. The van der Waals surface area contributed by atoms with Gasteiger partial charge in [0, 0.05) is 13.2 Å². The van der Waals surface area contributed by atoms with Gasteiger partial charge >= 0.3 is 5.97 Å². The lowest BCUT2D eigenvalue weighted by Gasteiger charge is -2.05. The molecule has 106 valence electrons. The van der Waals surface area contributed by atoms with Crippen LogP contribution in [0.3, 0.4) is 0 Å². The molecule has 0 aliphatic heterocycles. The molecule has 0 fully saturated rings. The molecular weight excluding hydrogens is 287 g/mol. The number of rotatable bonds is 4. The molecule has 0 aliphatic rings. The zero-order chi connectivity index (χ0) is 14.9. The number of sulfone groups is 1. The quantitative estimate of drug-likeness (QED) is 0.917. The Morgan fingerprint density at radius 2 is 2.10 bits per heavy atom. The van der Waals surface area contributed by atoms with E-state index in [1.165, 1.54) is 10.7 Å². The van der Waals surface area contributed by atoms with Crippen LogP contribution in [0.25, 0.3) is 0 Å². The number of carboxylic acids is 1. The third-order valence-corrected chi connectivity index (χ3v) is 4.28. The largest absolute Gasteiger partial charge is 0.478 e. The molecule has 8 heteroatoms. The van der Waals surface area contributed by atoms with Crippen molar-refractivity contribution < 1.29 is 22.7 Å². The van der Waals surface area contributed by atoms with Crippen LogP contribution < -0.4 is 0 Å². The minimum atomic E-state index is -4.00. The van der Waals surface area contributed by atoms with E-state index in [2.05, 4.69) is 5.10 Å². The van der Waals surface area contributed by atoms with Crippen molar-refractivity contribution in [2.75, 3.05) is 0 Å². The van der Waals surface area contributed by atoms with Crippen LogP contribution in [-0.4, -0.2) is 29.3 Å². The molecule has 1 aromatic heterocycles. The molecule has 0 spiro atoms. The summed E-state index contributed by atoms with van der Waals surface area (Å²) in [4.78, 5) is 10.2. The third kappa shape index (κ3) is 2.85. The number of hydrogen-bond acceptors (Lipinski definition) is 4. The fourth-order valence-corrected chi connectivity index (χ4v) is 3.06. The number of benzene rings is 1. The van der Waals surface area contributed by atoms with Crippen molar-refractivity contribution in [1.82, 2.24) is 9.78 Å². The summed E-state index contributed by atoms with van der Waals surface area (Å²) < 4.78 is 39.3. The highest BCUT2D eigenvalue weighted by atomic mass is 32.2. The van der Waals surface area contributed by atoms with Crippen molar-refractivity contribution in [3.8, 4) is 0 Å². The highest BCUT2D eigenvalue weighted by Crippen LogP contribution is 2.20. The summed E-state index contributed by atoms with van der Waals surface area (Å²) in [6.07, 6.45) is 1.56. The van der Waals surface area contributed by atoms with Crippen LogP contribution in [0.4, 0.5) is 4.39 Å². The van der Waals surface area contributed by atoms with Gasteiger partial charge in [-0.2, -0.15) is 5.10 Å². The SMILES string of the molecule is Cn1ccc(CS(=O)(=O)c2cc(C(=O)O)ccc2F)n1. The molecule has 6 nitrogen and oxygen atoms in total. The fourth-order valence-electron chi connectivity index (χ4n) is 1.69. The second kappa shape index (κ2) is 5.04. The van der Waals surface area contributed by atoms with Gasteiger partial charge in [0.15, 0.2) is 9.84 Å². The van der Waals surface area contributed by atoms with E-state index in [0.717, 1.165) is 18.2 Å². The average Bonchev–Trinajstić information content (AvgIpc) is 2.73. The van der Waals surface area contributed by atoms with Crippen molar-refractivity contribution in [2.45, 2.75) is 10.6 Å². The van der Waals surface area contributed by atoms with Crippen LogP contribution in [0.5, 0.6) is 0 Å². The molecule has 0 atom stereocenters. The van der Waals surface area contributed by atoms with E-state index in [-0.39, 0.29) is 11.3 Å². The fraction of sp³-hybridized carbons (Fsp3) is 0.167. The van der Waals surface area contributed by atoms with Crippen LogP contribution in [-0.2, 0) is 22.6 Å². The molecule has 0 saturated heterocycles. The Hall–Kier alpha value is -2.22. The minimum Gasteiger partial charge on any atom is -0.478 e. The molecule has 0 unspecified atom stereocenters. The summed E-state index contributed by atoms with van der Waals surface area (Å²) in [5, 5.41) is 12.7. The minimum absolute atomic E-state index is 0.257. The van der Waals surface area contributed by atoms with Gasteiger partial charge < -0.3 is 5.11 Å². The molecule has 0 saturated carbocycles. The molecule has 1 aromatic carbocycles. The van der Waals surface area contributed by atoms with Crippen LogP contribution in [0.15, 0.2) is 35.4 Å². The third-order valence-electron chi connectivity index (χ3n) is 2.62. The molecular formula is C12H11FN2O4S. The predicted molar refractivity (Wildman–Crippen MR) is 67.5 cm³/mol. The molecule has 2 rings (SSSR count). The Kier molecular flexibility index (Phi) is 3.58. The lowest BCUT2D eigenvalue weighted by molar-refractivity contribution is 0.0696. The summed E-state index contributed by atoms with van der Waals surface area (Å²) in [5.74, 6) is -2.79. The predicted octanol–water partition coefficient (Wildman–Crippen LogP) is 1.23. The van der Waals surface area contributed by atoms with Crippen molar-refractivity contribution in [2.24, 2.45) is 7.05 Å². The van der Waals surface area contributed by atoms with Gasteiger partial charge in [-0.3, -0.25) is 4.68 Å². The van der Waals surface area contributed by atoms with E-state index in [1.807, 2.05) is 0 Å². The normalized spacial score (nSPS) is 11.5. The van der Waals surface area contributed by atoms with E-state index in [9.17, 15) is 17.6 Å². The standard InChI is InChI=1S/C12H11FN2O4S/c1-15-5-4-9(14-15)7-20(18,19)11-6-8(12(16)17)2-3-10(11)13/h2-6H,7H2,1H3,(H,16,17).